The van der Waals surface area contributed by atoms with Crippen LogP contribution in [0.2, 0.25) is 0 Å². The van der Waals surface area contributed by atoms with Crippen LogP contribution in [0.25, 0.3) is 0 Å². The van der Waals surface area contributed by atoms with Crippen molar-refractivity contribution in [2.24, 2.45) is 0 Å². The molecule has 0 spiro atoms. The lowest BCUT2D eigenvalue weighted by molar-refractivity contribution is -0.156. The molecule has 0 fully saturated rings. The highest BCUT2D eigenvalue weighted by atomic mass is 16.7. The fraction of sp³-hybridized carbons (Fsp3) is 0.222. The summed E-state index contributed by atoms with van der Waals surface area (Å²) in [5, 5.41) is 0. The summed E-state index contributed by atoms with van der Waals surface area (Å²) in [6, 6.07) is 6.14. The van der Waals surface area contributed by atoms with Crippen molar-refractivity contribution in [2.45, 2.75) is 13.2 Å². The van der Waals surface area contributed by atoms with Crippen LogP contribution in [0, 0.1) is 0 Å². The molecule has 2 heterocycles. The van der Waals surface area contributed by atoms with Crippen molar-refractivity contribution < 1.29 is 38.1 Å². The Morgan fingerprint density at radius 3 is 2.22 bits per heavy atom. The Bertz CT molecular complexity index is 879. The van der Waals surface area contributed by atoms with Gasteiger partial charge in [0.05, 0.1) is 30.9 Å². The highest BCUT2D eigenvalue weighted by Crippen LogP contribution is 2.28. The van der Waals surface area contributed by atoms with Gasteiger partial charge in [-0.25, -0.2) is 14.5 Å². The largest absolute Gasteiger partial charge is 0.493 e. The van der Waals surface area contributed by atoms with Crippen LogP contribution in [0.4, 0.5) is 0 Å². The number of amides is 2. The van der Waals surface area contributed by atoms with Crippen molar-refractivity contribution in [1.29, 1.82) is 0 Å². The predicted molar refractivity (Wildman–Crippen MR) is 87.7 cm³/mol. The minimum absolute atomic E-state index is 0.114. The smallest absolute Gasteiger partial charge is 0.358 e. The van der Waals surface area contributed by atoms with Crippen LogP contribution in [0.15, 0.2) is 47.6 Å². The molecule has 0 aliphatic carbocycles. The maximum Gasteiger partial charge on any atom is 0.358 e. The molecule has 1 aromatic carbocycles. The van der Waals surface area contributed by atoms with Crippen molar-refractivity contribution in [1.82, 2.24) is 4.90 Å². The number of nitrogens with zero attached hydrogens (tertiary/aromatic N) is 1. The molecular formula is C18H15NO8. The molecule has 0 N–H and O–H groups in total. The Morgan fingerprint density at radius 1 is 1.11 bits per heavy atom. The quantitative estimate of drug-likeness (QED) is 0.327. The first kappa shape index (κ1) is 18.2. The SMILES string of the molecule is COC(=O)/C(=C/O[C@H]1OC(=O)C(C)=C1OC)N1C(=O)c2ccccc2C1=O. The van der Waals surface area contributed by atoms with Crippen LogP contribution in [0.5, 0.6) is 0 Å². The van der Waals surface area contributed by atoms with Crippen molar-refractivity contribution in [2.75, 3.05) is 14.2 Å². The summed E-state index contributed by atoms with van der Waals surface area (Å²) in [6.07, 6.45) is -0.416. The summed E-state index contributed by atoms with van der Waals surface area (Å²) in [6.45, 7) is 1.49. The Kier molecular flexibility index (Phi) is 4.68. The van der Waals surface area contributed by atoms with E-state index in [4.69, 9.17) is 14.2 Å². The minimum atomic E-state index is -1.25. The van der Waals surface area contributed by atoms with E-state index in [1.54, 1.807) is 12.1 Å². The van der Waals surface area contributed by atoms with Crippen molar-refractivity contribution in [3.05, 3.63) is 58.7 Å². The average molecular weight is 373 g/mol. The van der Waals surface area contributed by atoms with E-state index in [2.05, 4.69) is 4.74 Å². The lowest BCUT2D eigenvalue weighted by Crippen LogP contribution is -2.34. The van der Waals surface area contributed by atoms with Gasteiger partial charge in [0.25, 0.3) is 11.8 Å². The van der Waals surface area contributed by atoms with Gasteiger partial charge in [0.15, 0.2) is 11.5 Å². The number of carbonyl (C=O) groups excluding carboxylic acids is 4. The van der Waals surface area contributed by atoms with Gasteiger partial charge in [-0.05, 0) is 19.1 Å². The first-order chi connectivity index (χ1) is 12.9. The van der Waals surface area contributed by atoms with Crippen LogP contribution in [-0.4, -0.2) is 49.2 Å². The molecular weight excluding hydrogens is 358 g/mol. The first-order valence-corrected chi connectivity index (χ1v) is 7.78. The highest BCUT2D eigenvalue weighted by molar-refractivity contribution is 6.24. The van der Waals surface area contributed by atoms with Gasteiger partial charge >= 0.3 is 18.2 Å². The predicted octanol–water partition coefficient (Wildman–Crippen LogP) is 1.12. The molecule has 9 heteroatoms. The summed E-state index contributed by atoms with van der Waals surface area (Å²) in [4.78, 5) is 49.6. The van der Waals surface area contributed by atoms with E-state index in [0.717, 1.165) is 13.4 Å². The lowest BCUT2D eigenvalue weighted by atomic mass is 10.1. The molecule has 0 radical (unpaired) electrons. The number of benzene rings is 1. The summed E-state index contributed by atoms with van der Waals surface area (Å²) in [5.41, 5.74) is 0.0480. The van der Waals surface area contributed by atoms with Crippen LogP contribution in [0.3, 0.4) is 0 Å². The Hall–Kier alpha value is -3.62. The fourth-order valence-electron chi connectivity index (χ4n) is 2.69. The molecule has 27 heavy (non-hydrogen) atoms. The molecule has 1 atom stereocenters. The highest BCUT2D eigenvalue weighted by Gasteiger charge is 2.41. The van der Waals surface area contributed by atoms with Gasteiger partial charge in [0.2, 0.25) is 0 Å². The van der Waals surface area contributed by atoms with Crippen LogP contribution < -0.4 is 0 Å². The second kappa shape index (κ2) is 6.94. The van der Waals surface area contributed by atoms with Gasteiger partial charge in [-0.3, -0.25) is 9.59 Å². The van der Waals surface area contributed by atoms with Crippen LogP contribution in [0.1, 0.15) is 27.6 Å². The average Bonchev–Trinajstić information content (AvgIpc) is 3.09. The minimum Gasteiger partial charge on any atom is -0.493 e. The lowest BCUT2D eigenvalue weighted by Gasteiger charge is -2.18. The fourth-order valence-corrected chi connectivity index (χ4v) is 2.69. The van der Waals surface area contributed by atoms with E-state index >= 15 is 0 Å². The number of hydrogen-bond acceptors (Lipinski definition) is 8. The molecule has 0 aromatic heterocycles. The van der Waals surface area contributed by atoms with Crippen molar-refractivity contribution in [3.8, 4) is 0 Å². The summed E-state index contributed by atoms with van der Waals surface area (Å²) < 4.78 is 20.0. The van der Waals surface area contributed by atoms with E-state index in [1.807, 2.05) is 0 Å². The molecule has 0 saturated heterocycles. The second-order valence-electron chi connectivity index (χ2n) is 5.55. The molecule has 2 aliphatic rings. The summed E-state index contributed by atoms with van der Waals surface area (Å²) >= 11 is 0. The van der Waals surface area contributed by atoms with Gasteiger partial charge < -0.3 is 18.9 Å². The van der Waals surface area contributed by atoms with Gasteiger partial charge in [0.1, 0.15) is 6.26 Å². The zero-order chi connectivity index (χ0) is 19.7. The number of cyclic esters (lactones) is 1. The molecule has 2 amide bonds. The Balaban J connectivity index is 1.94. The second-order valence-corrected chi connectivity index (χ2v) is 5.55. The topological polar surface area (TPSA) is 108 Å². The normalized spacial score (nSPS) is 19.2. The molecule has 3 rings (SSSR count). The van der Waals surface area contributed by atoms with Gasteiger partial charge in [-0.2, -0.15) is 0 Å². The number of esters is 2. The molecule has 1 aromatic rings. The maximum atomic E-state index is 12.6. The summed E-state index contributed by atoms with van der Waals surface area (Å²) in [5.74, 6) is -2.90. The number of hydrogen-bond donors (Lipinski definition) is 0. The molecule has 140 valence electrons. The van der Waals surface area contributed by atoms with Gasteiger partial charge in [0, 0.05) is 0 Å². The Labute approximate surface area is 153 Å². The molecule has 0 bridgehead atoms. The molecule has 9 nitrogen and oxygen atoms in total. The molecule has 0 unspecified atom stereocenters. The van der Waals surface area contributed by atoms with E-state index in [0.29, 0.717) is 4.90 Å². The third-order valence-electron chi connectivity index (χ3n) is 4.06. The maximum absolute atomic E-state index is 12.6. The number of fused-ring (bicyclic) bond motifs is 1. The zero-order valence-corrected chi connectivity index (χ0v) is 14.7. The van der Waals surface area contributed by atoms with Crippen molar-refractivity contribution >= 4 is 23.8 Å². The third kappa shape index (κ3) is 2.92. The van der Waals surface area contributed by atoms with Crippen LogP contribution >= 0.6 is 0 Å². The number of methoxy groups -OCH3 is 2. The van der Waals surface area contributed by atoms with Gasteiger partial charge in [-0.1, -0.05) is 12.1 Å². The van der Waals surface area contributed by atoms with Crippen LogP contribution in [-0.2, 0) is 28.5 Å². The van der Waals surface area contributed by atoms with Crippen molar-refractivity contribution in [3.63, 3.8) is 0 Å². The first-order valence-electron chi connectivity index (χ1n) is 7.78. The number of carbonyl (C=O) groups is 4. The monoisotopic (exact) mass is 373 g/mol. The number of ether oxygens (including phenoxy) is 4. The van der Waals surface area contributed by atoms with E-state index < -0.39 is 35.7 Å². The number of rotatable bonds is 5. The molecule has 0 saturated carbocycles. The zero-order valence-electron chi connectivity index (χ0n) is 14.7. The van der Waals surface area contributed by atoms with E-state index in [9.17, 15) is 19.2 Å². The van der Waals surface area contributed by atoms with E-state index in [-0.39, 0.29) is 22.5 Å². The summed E-state index contributed by atoms with van der Waals surface area (Å²) in [7, 11) is 2.42. The molecule has 2 aliphatic heterocycles. The standard InChI is InChI=1S/C18H15NO8/c1-9-13(24-2)18(27-16(9)22)26-8-12(17(23)25-3)19-14(20)10-6-4-5-7-11(10)15(19)21/h4-8,18H,1-3H3/b12-8-/t18-/m0/s1. The van der Waals surface area contributed by atoms with Gasteiger partial charge in [-0.15, -0.1) is 0 Å². The third-order valence-corrected chi connectivity index (χ3v) is 4.06. The Morgan fingerprint density at radius 2 is 1.70 bits per heavy atom. The van der Waals surface area contributed by atoms with E-state index in [1.165, 1.54) is 26.2 Å². The number of imide groups is 1.